The van der Waals surface area contributed by atoms with Gasteiger partial charge in [0.2, 0.25) is 0 Å². The lowest BCUT2D eigenvalue weighted by Crippen LogP contribution is -2.32. The second-order valence-electron chi connectivity index (χ2n) is 6.43. The number of carbonyl (C=O) groups is 2. The lowest BCUT2D eigenvalue weighted by atomic mass is 9.97. The van der Waals surface area contributed by atoms with Crippen LogP contribution in [0.1, 0.15) is 29.3 Å². The highest BCUT2D eigenvalue weighted by molar-refractivity contribution is 7.10. The topological polar surface area (TPSA) is 66.8 Å². The molecule has 1 unspecified atom stereocenters. The van der Waals surface area contributed by atoms with Gasteiger partial charge < -0.3 is 14.7 Å². The Morgan fingerprint density at radius 2 is 2.00 bits per heavy atom. The summed E-state index contributed by atoms with van der Waals surface area (Å²) in [5.74, 6) is -1.08. The molecule has 5 nitrogen and oxygen atoms in total. The van der Waals surface area contributed by atoms with Crippen molar-refractivity contribution in [2.75, 3.05) is 20.3 Å². The minimum Gasteiger partial charge on any atom is -0.503 e. The van der Waals surface area contributed by atoms with Crippen LogP contribution in [-0.4, -0.2) is 42.0 Å². The summed E-state index contributed by atoms with van der Waals surface area (Å²) in [7, 11) is 1.61. The van der Waals surface area contributed by atoms with Crippen molar-refractivity contribution < 1.29 is 19.4 Å². The van der Waals surface area contributed by atoms with E-state index in [0.29, 0.717) is 26.0 Å². The molecule has 1 atom stereocenters. The third kappa shape index (κ3) is 4.28. The molecule has 0 saturated carbocycles. The minimum absolute atomic E-state index is 0.183. The predicted molar refractivity (Wildman–Crippen MR) is 105 cm³/mol. The average molecular weight is 385 g/mol. The zero-order valence-electron chi connectivity index (χ0n) is 15.3. The highest BCUT2D eigenvalue weighted by atomic mass is 32.1. The van der Waals surface area contributed by atoms with Gasteiger partial charge in [-0.25, -0.2) is 0 Å². The van der Waals surface area contributed by atoms with E-state index in [1.807, 2.05) is 47.8 Å². The standard InChI is InChI=1S/C21H23NO4S/c1-26-13-6-12-22-19(17-9-5-14-27-17)18(20(24)21(22)25)16(23)11-10-15-7-3-2-4-8-15/h2-5,7-9,14,19,24H,6,10-13H2,1H3. The third-order valence-electron chi connectivity index (χ3n) is 4.65. The summed E-state index contributed by atoms with van der Waals surface area (Å²) in [6.07, 6.45) is 1.47. The number of ketones is 1. The Labute approximate surface area is 162 Å². The number of hydrogen-bond acceptors (Lipinski definition) is 5. The molecule has 142 valence electrons. The number of thiophene rings is 1. The Bertz CT molecular complexity index is 814. The number of Topliss-reactive ketones (excluding diaryl/α,β-unsaturated/α-hetero) is 1. The lowest BCUT2D eigenvalue weighted by molar-refractivity contribution is -0.129. The Morgan fingerprint density at radius 1 is 1.22 bits per heavy atom. The highest BCUT2D eigenvalue weighted by Crippen LogP contribution is 2.40. The maximum absolute atomic E-state index is 12.9. The summed E-state index contributed by atoms with van der Waals surface area (Å²) in [4.78, 5) is 28.0. The summed E-state index contributed by atoms with van der Waals surface area (Å²) in [6.45, 7) is 0.938. The van der Waals surface area contributed by atoms with E-state index in [-0.39, 0.29) is 17.8 Å². The molecule has 0 saturated heterocycles. The van der Waals surface area contributed by atoms with Gasteiger partial charge in [0.05, 0.1) is 11.6 Å². The van der Waals surface area contributed by atoms with Gasteiger partial charge in [0, 0.05) is 31.6 Å². The normalized spacial score (nSPS) is 17.0. The number of rotatable bonds is 9. The van der Waals surface area contributed by atoms with Crippen molar-refractivity contribution in [3.63, 3.8) is 0 Å². The number of nitrogens with zero attached hydrogens (tertiary/aromatic N) is 1. The molecule has 1 aliphatic heterocycles. The van der Waals surface area contributed by atoms with E-state index in [1.165, 1.54) is 11.3 Å². The number of ether oxygens (including phenoxy) is 1. The van der Waals surface area contributed by atoms with Gasteiger partial charge >= 0.3 is 0 Å². The number of amides is 1. The van der Waals surface area contributed by atoms with Crippen molar-refractivity contribution in [3.8, 4) is 0 Å². The molecule has 3 rings (SSSR count). The predicted octanol–water partition coefficient (Wildman–Crippen LogP) is 3.68. The molecule has 0 aliphatic carbocycles. The number of aryl methyl sites for hydroxylation is 1. The Morgan fingerprint density at radius 3 is 2.67 bits per heavy atom. The fraction of sp³-hybridized carbons (Fsp3) is 0.333. The Balaban J connectivity index is 1.81. The van der Waals surface area contributed by atoms with Gasteiger partial charge in [-0.05, 0) is 29.9 Å². The second kappa shape index (κ2) is 8.97. The van der Waals surface area contributed by atoms with Crippen molar-refractivity contribution in [2.45, 2.75) is 25.3 Å². The number of methoxy groups -OCH3 is 1. The number of aliphatic hydroxyl groups is 1. The number of hydrogen-bond donors (Lipinski definition) is 1. The number of carbonyl (C=O) groups excluding carboxylic acids is 2. The van der Waals surface area contributed by atoms with Crippen LogP contribution >= 0.6 is 11.3 Å². The summed E-state index contributed by atoms with van der Waals surface area (Å²) in [5.41, 5.74) is 1.27. The molecule has 0 spiro atoms. The molecule has 2 aromatic rings. The van der Waals surface area contributed by atoms with Crippen LogP contribution in [0.2, 0.25) is 0 Å². The molecule has 2 heterocycles. The van der Waals surface area contributed by atoms with E-state index in [0.717, 1.165) is 10.4 Å². The maximum atomic E-state index is 12.9. The van der Waals surface area contributed by atoms with Crippen LogP contribution in [0.15, 0.2) is 59.2 Å². The van der Waals surface area contributed by atoms with Crippen molar-refractivity contribution in [1.82, 2.24) is 4.90 Å². The van der Waals surface area contributed by atoms with Crippen LogP contribution < -0.4 is 0 Å². The summed E-state index contributed by atoms with van der Waals surface area (Å²) < 4.78 is 5.07. The molecule has 1 aliphatic rings. The van der Waals surface area contributed by atoms with Crippen molar-refractivity contribution in [2.24, 2.45) is 0 Å². The molecule has 0 fully saturated rings. The summed E-state index contributed by atoms with van der Waals surface area (Å²) in [5, 5.41) is 12.4. The largest absolute Gasteiger partial charge is 0.503 e. The molecule has 1 N–H and O–H groups in total. The summed E-state index contributed by atoms with van der Waals surface area (Å²) in [6, 6.07) is 13.0. The van der Waals surface area contributed by atoms with Crippen LogP contribution in [0.25, 0.3) is 0 Å². The van der Waals surface area contributed by atoms with Crippen LogP contribution in [0.5, 0.6) is 0 Å². The monoisotopic (exact) mass is 385 g/mol. The Hall–Kier alpha value is -2.44. The minimum atomic E-state index is -0.516. The van der Waals surface area contributed by atoms with Gasteiger partial charge in [-0.2, -0.15) is 0 Å². The van der Waals surface area contributed by atoms with Gasteiger partial charge in [0.25, 0.3) is 5.91 Å². The number of aliphatic hydroxyl groups excluding tert-OH is 1. The fourth-order valence-electron chi connectivity index (χ4n) is 3.33. The van der Waals surface area contributed by atoms with Crippen LogP contribution in [0.4, 0.5) is 0 Å². The molecule has 1 aromatic carbocycles. The van der Waals surface area contributed by atoms with Crippen LogP contribution in [0.3, 0.4) is 0 Å². The first-order chi connectivity index (χ1) is 13.1. The van der Waals surface area contributed by atoms with E-state index in [2.05, 4.69) is 0 Å². The van der Waals surface area contributed by atoms with Crippen molar-refractivity contribution in [3.05, 3.63) is 69.6 Å². The molecule has 6 heteroatoms. The second-order valence-corrected chi connectivity index (χ2v) is 7.41. The van der Waals surface area contributed by atoms with Crippen LogP contribution in [-0.2, 0) is 20.7 Å². The van der Waals surface area contributed by atoms with Gasteiger partial charge in [-0.15, -0.1) is 11.3 Å². The van der Waals surface area contributed by atoms with E-state index >= 15 is 0 Å². The van der Waals surface area contributed by atoms with E-state index in [4.69, 9.17) is 4.74 Å². The molecule has 0 bridgehead atoms. The van der Waals surface area contributed by atoms with E-state index in [1.54, 1.807) is 12.0 Å². The fourth-order valence-corrected chi connectivity index (χ4v) is 4.17. The van der Waals surface area contributed by atoms with Gasteiger partial charge in [-0.1, -0.05) is 36.4 Å². The first kappa shape index (κ1) is 19.3. The van der Waals surface area contributed by atoms with Gasteiger partial charge in [0.15, 0.2) is 11.5 Å². The highest BCUT2D eigenvalue weighted by Gasteiger charge is 2.43. The quantitative estimate of drug-likeness (QED) is 0.669. The number of benzene rings is 1. The zero-order chi connectivity index (χ0) is 19.2. The first-order valence-electron chi connectivity index (χ1n) is 8.97. The molecular weight excluding hydrogens is 362 g/mol. The Kier molecular flexibility index (Phi) is 6.42. The smallest absolute Gasteiger partial charge is 0.290 e. The molecular formula is C21H23NO4S. The molecule has 0 radical (unpaired) electrons. The third-order valence-corrected chi connectivity index (χ3v) is 5.57. The SMILES string of the molecule is COCCCN1C(=O)C(O)=C(C(=O)CCc2ccccc2)C1c1cccs1. The maximum Gasteiger partial charge on any atom is 0.290 e. The van der Waals surface area contributed by atoms with Gasteiger partial charge in [-0.3, -0.25) is 9.59 Å². The molecule has 1 aromatic heterocycles. The summed E-state index contributed by atoms with van der Waals surface area (Å²) >= 11 is 1.48. The van der Waals surface area contributed by atoms with Crippen LogP contribution in [0, 0.1) is 0 Å². The van der Waals surface area contributed by atoms with Crippen molar-refractivity contribution in [1.29, 1.82) is 0 Å². The van der Waals surface area contributed by atoms with Gasteiger partial charge in [0.1, 0.15) is 0 Å². The average Bonchev–Trinajstić information content (AvgIpc) is 3.29. The van der Waals surface area contributed by atoms with E-state index in [9.17, 15) is 14.7 Å². The molecule has 27 heavy (non-hydrogen) atoms. The van der Waals surface area contributed by atoms with Crippen molar-refractivity contribution >= 4 is 23.0 Å². The first-order valence-corrected chi connectivity index (χ1v) is 9.85. The zero-order valence-corrected chi connectivity index (χ0v) is 16.1. The molecule has 1 amide bonds. The lowest BCUT2D eigenvalue weighted by Gasteiger charge is -2.25. The van der Waals surface area contributed by atoms with E-state index < -0.39 is 17.7 Å².